The molecule has 3 nitrogen and oxygen atoms in total. The lowest BCUT2D eigenvalue weighted by Gasteiger charge is -2.26. The Balaban J connectivity index is 2.50. The van der Waals surface area contributed by atoms with E-state index in [1.54, 1.807) is 21.6 Å². The maximum Gasteiger partial charge on any atom is 0.264 e. The van der Waals surface area contributed by atoms with Gasteiger partial charge in [0, 0.05) is 11.5 Å². The first-order valence-electron chi connectivity index (χ1n) is 3.62. The predicted octanol–water partition coefficient (Wildman–Crippen LogP) is 1.36. The van der Waals surface area contributed by atoms with Gasteiger partial charge in [-0.05, 0) is 5.92 Å². The molecule has 12 heavy (non-hydrogen) atoms. The molecule has 0 radical (unpaired) electrons. The molecule has 1 saturated heterocycles. The van der Waals surface area contributed by atoms with Gasteiger partial charge in [-0.3, -0.25) is 4.18 Å². The van der Waals surface area contributed by atoms with Crippen LogP contribution >= 0.6 is 21.6 Å². The smallest absolute Gasteiger partial charge is 0.264 e. The van der Waals surface area contributed by atoms with Crippen LogP contribution in [0.25, 0.3) is 0 Å². The van der Waals surface area contributed by atoms with E-state index in [-0.39, 0.29) is 6.10 Å². The maximum absolute atomic E-state index is 10.8. The van der Waals surface area contributed by atoms with Crippen molar-refractivity contribution in [1.29, 1.82) is 0 Å². The van der Waals surface area contributed by atoms with Gasteiger partial charge in [-0.1, -0.05) is 28.5 Å². The topological polar surface area (TPSA) is 43.4 Å². The number of rotatable bonds is 2. The summed E-state index contributed by atoms with van der Waals surface area (Å²) in [5, 5.41) is 0. The summed E-state index contributed by atoms with van der Waals surface area (Å²) in [5.41, 5.74) is 0. The van der Waals surface area contributed by atoms with E-state index in [0.29, 0.717) is 5.92 Å². The molecular formula is C6H12O3S3. The highest BCUT2D eigenvalue weighted by molar-refractivity contribution is 8.76. The van der Waals surface area contributed by atoms with Crippen LogP contribution in [-0.2, 0) is 14.3 Å². The third-order valence-electron chi connectivity index (χ3n) is 1.58. The highest BCUT2D eigenvalue weighted by Gasteiger charge is 2.26. The highest BCUT2D eigenvalue weighted by atomic mass is 33.1. The molecule has 2 atom stereocenters. The summed E-state index contributed by atoms with van der Waals surface area (Å²) in [6.45, 7) is 2.02. The quantitative estimate of drug-likeness (QED) is 0.527. The van der Waals surface area contributed by atoms with Crippen molar-refractivity contribution in [3.05, 3.63) is 0 Å². The van der Waals surface area contributed by atoms with Crippen molar-refractivity contribution in [2.45, 2.75) is 13.0 Å². The van der Waals surface area contributed by atoms with Crippen LogP contribution < -0.4 is 0 Å². The van der Waals surface area contributed by atoms with E-state index in [2.05, 4.69) is 0 Å². The minimum atomic E-state index is -3.28. The van der Waals surface area contributed by atoms with Crippen LogP contribution in [0.2, 0.25) is 0 Å². The van der Waals surface area contributed by atoms with E-state index in [1.165, 1.54) is 0 Å². The van der Waals surface area contributed by atoms with Crippen molar-refractivity contribution in [1.82, 2.24) is 0 Å². The average molecular weight is 228 g/mol. The molecule has 0 aromatic carbocycles. The van der Waals surface area contributed by atoms with Crippen LogP contribution in [0.5, 0.6) is 0 Å². The molecule has 1 rings (SSSR count). The van der Waals surface area contributed by atoms with Gasteiger partial charge < -0.3 is 0 Å². The van der Waals surface area contributed by atoms with Gasteiger partial charge in [0.2, 0.25) is 0 Å². The van der Waals surface area contributed by atoms with Crippen LogP contribution in [0, 0.1) is 5.92 Å². The largest absolute Gasteiger partial charge is 0.266 e. The Morgan fingerprint density at radius 1 is 1.33 bits per heavy atom. The summed E-state index contributed by atoms with van der Waals surface area (Å²) in [6, 6.07) is 0. The number of hydrogen-bond acceptors (Lipinski definition) is 5. The molecule has 0 aromatic heterocycles. The molecule has 0 saturated carbocycles. The summed E-state index contributed by atoms with van der Waals surface area (Å²) in [4.78, 5) is 0. The second kappa shape index (κ2) is 4.21. The molecule has 72 valence electrons. The third-order valence-corrected chi connectivity index (χ3v) is 4.79. The molecule has 0 aliphatic carbocycles. The lowest BCUT2D eigenvalue weighted by Crippen LogP contribution is -2.30. The monoisotopic (exact) mass is 228 g/mol. The summed E-state index contributed by atoms with van der Waals surface area (Å²) >= 11 is 0. The van der Waals surface area contributed by atoms with E-state index in [0.717, 1.165) is 17.8 Å². The average Bonchev–Trinajstić information content (AvgIpc) is 1.91. The fourth-order valence-corrected chi connectivity index (χ4v) is 4.46. The standard InChI is InChI=1S/C6H12O3S3/c1-5-3-10-11-4-6(5)9-12(2,7)8/h5-6H,3-4H2,1-2H3/t5?,6-/m1/s1. The van der Waals surface area contributed by atoms with Crippen molar-refractivity contribution >= 4 is 31.7 Å². The molecule has 1 heterocycles. The van der Waals surface area contributed by atoms with Crippen molar-refractivity contribution in [3.63, 3.8) is 0 Å². The molecule has 0 aromatic rings. The van der Waals surface area contributed by atoms with Crippen LogP contribution in [0.15, 0.2) is 0 Å². The Kier molecular flexibility index (Phi) is 3.75. The van der Waals surface area contributed by atoms with Gasteiger partial charge in [0.25, 0.3) is 10.1 Å². The maximum atomic E-state index is 10.8. The molecule has 0 spiro atoms. The first kappa shape index (κ1) is 10.7. The molecule has 1 fully saturated rings. The minimum absolute atomic E-state index is 0.133. The number of hydrogen-bond donors (Lipinski definition) is 0. The van der Waals surface area contributed by atoms with Gasteiger partial charge >= 0.3 is 0 Å². The fraction of sp³-hybridized carbons (Fsp3) is 1.00. The third kappa shape index (κ3) is 3.55. The predicted molar refractivity (Wildman–Crippen MR) is 53.8 cm³/mol. The van der Waals surface area contributed by atoms with Crippen LogP contribution in [0.3, 0.4) is 0 Å². The second-order valence-electron chi connectivity index (χ2n) is 2.89. The van der Waals surface area contributed by atoms with Gasteiger partial charge in [-0.25, -0.2) is 0 Å². The summed E-state index contributed by atoms with van der Waals surface area (Å²) < 4.78 is 26.5. The van der Waals surface area contributed by atoms with Crippen LogP contribution in [-0.4, -0.2) is 32.3 Å². The van der Waals surface area contributed by atoms with Crippen molar-refractivity contribution in [3.8, 4) is 0 Å². The SMILES string of the molecule is CC1CSSC[C@H]1OS(C)(=O)=O. The van der Waals surface area contributed by atoms with Crippen molar-refractivity contribution in [2.75, 3.05) is 17.8 Å². The van der Waals surface area contributed by atoms with Crippen molar-refractivity contribution in [2.24, 2.45) is 5.92 Å². The Hall–Kier alpha value is 0.610. The molecule has 0 N–H and O–H groups in total. The minimum Gasteiger partial charge on any atom is -0.266 e. The van der Waals surface area contributed by atoms with Gasteiger partial charge in [0.15, 0.2) is 0 Å². The Bertz CT molecular complexity index is 236. The first-order chi connectivity index (χ1) is 5.49. The van der Waals surface area contributed by atoms with E-state index >= 15 is 0 Å². The van der Waals surface area contributed by atoms with Gasteiger partial charge in [-0.15, -0.1) is 0 Å². The van der Waals surface area contributed by atoms with Crippen LogP contribution in [0.4, 0.5) is 0 Å². The summed E-state index contributed by atoms with van der Waals surface area (Å²) in [5.74, 6) is 2.05. The van der Waals surface area contributed by atoms with E-state index in [4.69, 9.17) is 4.18 Å². The zero-order valence-electron chi connectivity index (χ0n) is 7.02. The van der Waals surface area contributed by atoms with Gasteiger partial charge in [-0.2, -0.15) is 8.42 Å². The molecule has 0 bridgehead atoms. The zero-order valence-corrected chi connectivity index (χ0v) is 9.47. The zero-order chi connectivity index (χ0) is 9.19. The molecule has 1 aliphatic rings. The Morgan fingerprint density at radius 2 is 1.92 bits per heavy atom. The molecule has 0 amide bonds. The highest BCUT2D eigenvalue weighted by Crippen LogP contribution is 2.34. The molecule has 1 unspecified atom stereocenters. The lowest BCUT2D eigenvalue weighted by molar-refractivity contribution is 0.186. The summed E-state index contributed by atoms with van der Waals surface area (Å²) in [7, 11) is 0.170. The van der Waals surface area contributed by atoms with Gasteiger partial charge in [0.05, 0.1) is 12.4 Å². The van der Waals surface area contributed by atoms with Gasteiger partial charge in [0.1, 0.15) is 0 Å². The lowest BCUT2D eigenvalue weighted by atomic mass is 10.1. The molecule has 6 heteroatoms. The summed E-state index contributed by atoms with van der Waals surface area (Å²) in [6.07, 6.45) is 0.970. The van der Waals surface area contributed by atoms with Crippen LogP contribution in [0.1, 0.15) is 6.92 Å². The molecular weight excluding hydrogens is 216 g/mol. The van der Waals surface area contributed by atoms with E-state index in [1.807, 2.05) is 6.92 Å². The van der Waals surface area contributed by atoms with E-state index in [9.17, 15) is 8.42 Å². The Labute approximate surface area is 81.2 Å². The second-order valence-corrected chi connectivity index (χ2v) is 7.04. The van der Waals surface area contributed by atoms with E-state index < -0.39 is 10.1 Å². The normalized spacial score (nSPS) is 31.8. The Morgan fingerprint density at radius 3 is 2.42 bits per heavy atom. The van der Waals surface area contributed by atoms with Crippen molar-refractivity contribution < 1.29 is 12.6 Å². The molecule has 1 aliphatic heterocycles. The first-order valence-corrected chi connectivity index (χ1v) is 7.92. The fourth-order valence-electron chi connectivity index (χ4n) is 0.889.